The molecule has 1 unspecified atom stereocenters. The Hall–Kier alpha value is -2.23. The smallest absolute Gasteiger partial charge is 0.332 e. The highest BCUT2D eigenvalue weighted by molar-refractivity contribution is 7.80. The molecule has 0 saturated heterocycles. The lowest BCUT2D eigenvalue weighted by Gasteiger charge is -2.15. The first kappa shape index (κ1) is 30.7. The van der Waals surface area contributed by atoms with E-state index in [1.807, 2.05) is 87.5 Å². The van der Waals surface area contributed by atoms with Crippen LogP contribution in [0.5, 0.6) is 11.5 Å². The fourth-order valence-corrected chi connectivity index (χ4v) is 7.18. The van der Waals surface area contributed by atoms with Gasteiger partial charge >= 0.3 is 14.6 Å². The van der Waals surface area contributed by atoms with Crippen LogP contribution in [0.1, 0.15) is 45.1 Å². The van der Waals surface area contributed by atoms with E-state index in [4.69, 9.17) is 35.3 Å². The lowest BCUT2D eigenvalue weighted by Crippen LogP contribution is -2.16. The molecule has 0 aliphatic rings. The molecule has 0 spiro atoms. The molecule has 0 radical (unpaired) electrons. The number of fused-ring (bicyclic) bond motifs is 1. The quantitative estimate of drug-likeness (QED) is 0.0329. The maximum absolute atomic E-state index is 12.9. The van der Waals surface area contributed by atoms with E-state index >= 15 is 0 Å². The molecule has 1 heterocycles. The minimum absolute atomic E-state index is 0.294. The summed E-state index contributed by atoms with van der Waals surface area (Å²) in [6, 6.07) is 21.5. The number of carbonyl (C=O) groups is 1. The van der Waals surface area contributed by atoms with E-state index in [9.17, 15) is 4.79 Å². The van der Waals surface area contributed by atoms with Crippen molar-refractivity contribution in [2.75, 3.05) is 26.4 Å². The van der Waals surface area contributed by atoms with Gasteiger partial charge < -0.3 is 23.0 Å². The summed E-state index contributed by atoms with van der Waals surface area (Å²) in [5.41, 5.74) is 1.96. The molecule has 1 atom stereocenters. The van der Waals surface area contributed by atoms with Gasteiger partial charge in [0.05, 0.1) is 32.3 Å². The van der Waals surface area contributed by atoms with Crippen LogP contribution in [0.25, 0.3) is 21.2 Å². The van der Waals surface area contributed by atoms with E-state index in [1.165, 1.54) is 0 Å². The van der Waals surface area contributed by atoms with Crippen molar-refractivity contribution in [2.45, 2.75) is 39.5 Å². The molecule has 0 saturated carbocycles. The summed E-state index contributed by atoms with van der Waals surface area (Å²) in [6.45, 7) is 8.04. The molecule has 0 N–H and O–H groups in total. The summed E-state index contributed by atoms with van der Waals surface area (Å²) in [6.07, 6.45) is 1.73. The summed E-state index contributed by atoms with van der Waals surface area (Å²) in [7, 11) is 1.97. The monoisotopic (exact) mass is 616 g/mol. The molecular formula is C30H33O6PS3. The Balaban J connectivity index is 1.26. The number of carbonyl (C=O) groups excluding carboxylic acids is 1. The van der Waals surface area contributed by atoms with Gasteiger partial charge in [-0.1, -0.05) is 57.2 Å². The zero-order valence-electron chi connectivity index (χ0n) is 22.8. The molecule has 10 heteroatoms. The fourth-order valence-electron chi connectivity index (χ4n) is 3.86. The third-order valence-corrected chi connectivity index (χ3v) is 10.2. The SMILES string of the molecule is CCOP(OCC)OCCCCOc1ccc2cc(C(C)C(=O)Oc3ccc(-c4cc(=S)ss4)cc3)ccc2c1. The second-order valence-electron chi connectivity index (χ2n) is 8.88. The third-order valence-electron chi connectivity index (χ3n) is 5.98. The van der Waals surface area contributed by atoms with Gasteiger partial charge in [-0.05, 0) is 98.0 Å². The van der Waals surface area contributed by atoms with Crippen LogP contribution in [0.3, 0.4) is 0 Å². The molecule has 1 aromatic heterocycles. The second kappa shape index (κ2) is 15.7. The Bertz CT molecular complexity index is 1430. The Morgan fingerprint density at radius 3 is 2.20 bits per heavy atom. The Morgan fingerprint density at radius 2 is 1.50 bits per heavy atom. The first-order valence-corrected chi connectivity index (χ1v) is 16.9. The molecule has 6 nitrogen and oxygen atoms in total. The number of hydrogen-bond donors (Lipinski definition) is 0. The standard InChI is InChI=1S/C30H33O6PS3/c1-4-33-37(34-5-2)35-17-7-6-16-32-27-15-12-24-18-23(8-9-25(24)19-27)21(3)30(31)36-26-13-10-22(11-14-26)28-20-29(38)40-39-28/h8-15,18-21H,4-7,16-17H2,1-3H3. The molecule has 0 bridgehead atoms. The van der Waals surface area contributed by atoms with Gasteiger partial charge in [0.15, 0.2) is 0 Å². The number of esters is 1. The largest absolute Gasteiger partial charge is 0.494 e. The first-order chi connectivity index (χ1) is 19.5. The van der Waals surface area contributed by atoms with Crippen LogP contribution in [0, 0.1) is 3.82 Å². The summed E-state index contributed by atoms with van der Waals surface area (Å²) in [5.74, 6) is 0.640. The highest BCUT2D eigenvalue weighted by Crippen LogP contribution is 2.39. The van der Waals surface area contributed by atoms with Crippen molar-refractivity contribution in [2.24, 2.45) is 0 Å². The highest BCUT2D eigenvalue weighted by Gasteiger charge is 2.18. The lowest BCUT2D eigenvalue weighted by atomic mass is 9.98. The molecular weight excluding hydrogens is 583 g/mol. The van der Waals surface area contributed by atoms with E-state index < -0.39 is 14.5 Å². The fraction of sp³-hybridized carbons (Fsp3) is 0.333. The zero-order chi connectivity index (χ0) is 28.3. The topological polar surface area (TPSA) is 63.2 Å². The van der Waals surface area contributed by atoms with Crippen molar-refractivity contribution < 1.29 is 27.8 Å². The average Bonchev–Trinajstić information content (AvgIpc) is 3.40. The van der Waals surface area contributed by atoms with Crippen molar-refractivity contribution in [1.82, 2.24) is 0 Å². The Morgan fingerprint density at radius 1 is 0.825 bits per heavy atom. The van der Waals surface area contributed by atoms with Gasteiger partial charge in [0.2, 0.25) is 0 Å². The Kier molecular flexibility index (Phi) is 12.0. The highest BCUT2D eigenvalue weighted by atomic mass is 32.9. The molecule has 0 amide bonds. The van der Waals surface area contributed by atoms with Gasteiger partial charge in [-0.25, -0.2) is 0 Å². The third kappa shape index (κ3) is 8.88. The second-order valence-corrected chi connectivity index (χ2v) is 13.0. The van der Waals surface area contributed by atoms with Gasteiger partial charge in [-0.2, -0.15) is 0 Å². The number of hydrogen-bond acceptors (Lipinski definition) is 9. The van der Waals surface area contributed by atoms with Gasteiger partial charge in [-0.3, -0.25) is 4.79 Å². The van der Waals surface area contributed by atoms with Crippen molar-refractivity contribution in [3.8, 4) is 21.9 Å². The van der Waals surface area contributed by atoms with Crippen LogP contribution in [-0.2, 0) is 18.4 Å². The molecule has 0 fully saturated rings. The molecule has 0 aliphatic heterocycles. The number of benzene rings is 3. The van der Waals surface area contributed by atoms with Crippen LogP contribution in [0.15, 0.2) is 66.7 Å². The van der Waals surface area contributed by atoms with Crippen molar-refractivity contribution >= 4 is 58.2 Å². The van der Waals surface area contributed by atoms with Crippen molar-refractivity contribution in [3.05, 3.63) is 76.1 Å². The van der Waals surface area contributed by atoms with Gasteiger partial charge in [0, 0.05) is 4.88 Å². The number of rotatable bonds is 15. The average molecular weight is 617 g/mol. The Labute approximate surface area is 249 Å². The number of ether oxygens (including phenoxy) is 2. The molecule has 4 rings (SSSR count). The van der Waals surface area contributed by atoms with Crippen LogP contribution < -0.4 is 9.47 Å². The van der Waals surface area contributed by atoms with Crippen LogP contribution >= 0.6 is 41.5 Å². The molecule has 212 valence electrons. The molecule has 4 aromatic rings. The van der Waals surface area contributed by atoms with E-state index in [1.54, 1.807) is 20.7 Å². The first-order valence-electron chi connectivity index (χ1n) is 13.2. The maximum Gasteiger partial charge on any atom is 0.332 e. The van der Waals surface area contributed by atoms with E-state index in [2.05, 4.69) is 0 Å². The van der Waals surface area contributed by atoms with E-state index in [0.29, 0.717) is 32.2 Å². The van der Waals surface area contributed by atoms with Crippen molar-refractivity contribution in [1.29, 1.82) is 0 Å². The van der Waals surface area contributed by atoms with E-state index in [-0.39, 0.29) is 5.97 Å². The maximum atomic E-state index is 12.9. The van der Waals surface area contributed by atoms with E-state index in [0.717, 1.165) is 49.2 Å². The zero-order valence-corrected chi connectivity index (χ0v) is 26.1. The van der Waals surface area contributed by atoms with Crippen LogP contribution in [0.2, 0.25) is 0 Å². The summed E-state index contributed by atoms with van der Waals surface area (Å²) >= 11 is 5.22. The predicted octanol–water partition coefficient (Wildman–Crippen LogP) is 9.54. The molecule has 40 heavy (non-hydrogen) atoms. The van der Waals surface area contributed by atoms with Crippen LogP contribution in [-0.4, -0.2) is 32.4 Å². The minimum Gasteiger partial charge on any atom is -0.494 e. The normalized spacial score (nSPS) is 12.1. The number of unbranched alkanes of at least 4 members (excludes halogenated alkanes) is 1. The summed E-state index contributed by atoms with van der Waals surface area (Å²) in [4.78, 5) is 14.0. The van der Waals surface area contributed by atoms with Crippen molar-refractivity contribution in [3.63, 3.8) is 0 Å². The van der Waals surface area contributed by atoms with Gasteiger partial charge in [0.25, 0.3) is 0 Å². The minimum atomic E-state index is -1.25. The predicted molar refractivity (Wildman–Crippen MR) is 167 cm³/mol. The molecule has 3 aromatic carbocycles. The summed E-state index contributed by atoms with van der Waals surface area (Å²) < 4.78 is 29.0. The van der Waals surface area contributed by atoms with Gasteiger partial charge in [-0.15, -0.1) is 0 Å². The van der Waals surface area contributed by atoms with Crippen LogP contribution in [0.4, 0.5) is 0 Å². The summed E-state index contributed by atoms with van der Waals surface area (Å²) in [5, 5.41) is 2.09. The molecule has 0 aliphatic carbocycles. The van der Waals surface area contributed by atoms with Gasteiger partial charge in [0.1, 0.15) is 15.3 Å². The lowest BCUT2D eigenvalue weighted by molar-refractivity contribution is -0.135.